The van der Waals surface area contributed by atoms with Gasteiger partial charge in [0.25, 0.3) is 5.56 Å². The summed E-state index contributed by atoms with van der Waals surface area (Å²) in [6.07, 6.45) is 1.41. The Morgan fingerprint density at radius 2 is 2.15 bits per heavy atom. The van der Waals surface area contributed by atoms with Crippen molar-refractivity contribution in [1.82, 2.24) is 4.57 Å². The first-order valence-electron chi connectivity index (χ1n) is 3.85. The number of hydrogen-bond acceptors (Lipinski definition) is 3. The van der Waals surface area contributed by atoms with Crippen LogP contribution in [0.2, 0.25) is 0 Å². The zero-order valence-corrected chi connectivity index (χ0v) is 7.06. The fraction of sp³-hybridized carbons (Fsp3) is 0.250. The number of nitrogens with two attached hydrogens (primary N) is 2. The summed E-state index contributed by atoms with van der Waals surface area (Å²) in [4.78, 5) is 21.9. The molecule has 0 spiro atoms. The van der Waals surface area contributed by atoms with E-state index in [1.165, 1.54) is 22.9 Å². The van der Waals surface area contributed by atoms with E-state index in [1.807, 2.05) is 0 Å². The predicted octanol–water partition coefficient (Wildman–Crippen LogP) is -1.09. The highest BCUT2D eigenvalue weighted by molar-refractivity contribution is 5.92. The first-order chi connectivity index (χ1) is 6.15. The van der Waals surface area contributed by atoms with Crippen LogP contribution in [0.5, 0.6) is 0 Å². The van der Waals surface area contributed by atoms with Crippen molar-refractivity contribution >= 4 is 5.91 Å². The molecular formula is C8H11N3O2. The lowest BCUT2D eigenvalue weighted by atomic mass is 10.3. The molecule has 5 nitrogen and oxygen atoms in total. The lowest BCUT2D eigenvalue weighted by Gasteiger charge is -2.03. The van der Waals surface area contributed by atoms with E-state index in [1.54, 1.807) is 0 Å². The maximum Gasteiger partial charge on any atom is 0.250 e. The van der Waals surface area contributed by atoms with Crippen LogP contribution in [0.15, 0.2) is 23.1 Å². The highest BCUT2D eigenvalue weighted by Crippen LogP contribution is 1.93. The molecule has 0 saturated heterocycles. The summed E-state index contributed by atoms with van der Waals surface area (Å²) in [6, 6.07) is 2.70. The minimum atomic E-state index is -0.550. The van der Waals surface area contributed by atoms with Gasteiger partial charge in [0.1, 0.15) is 0 Å². The van der Waals surface area contributed by atoms with Crippen molar-refractivity contribution in [2.75, 3.05) is 6.54 Å². The van der Waals surface area contributed by atoms with E-state index >= 15 is 0 Å². The van der Waals surface area contributed by atoms with Gasteiger partial charge < -0.3 is 16.0 Å². The second-order valence-corrected chi connectivity index (χ2v) is 2.60. The summed E-state index contributed by atoms with van der Waals surface area (Å²) < 4.78 is 1.36. The van der Waals surface area contributed by atoms with E-state index in [4.69, 9.17) is 11.5 Å². The van der Waals surface area contributed by atoms with Crippen molar-refractivity contribution in [3.63, 3.8) is 0 Å². The summed E-state index contributed by atoms with van der Waals surface area (Å²) in [6.45, 7) is 0.738. The monoisotopic (exact) mass is 181 g/mol. The number of primary amides is 1. The van der Waals surface area contributed by atoms with Crippen LogP contribution in [0.1, 0.15) is 10.4 Å². The molecule has 70 valence electrons. The Bertz CT molecular complexity index is 370. The molecular weight excluding hydrogens is 170 g/mol. The number of hydrogen-bond donors (Lipinski definition) is 2. The number of aromatic nitrogens is 1. The molecule has 0 atom stereocenters. The van der Waals surface area contributed by atoms with Gasteiger partial charge in [-0.25, -0.2) is 0 Å². The number of carbonyl (C=O) groups is 1. The zero-order valence-electron chi connectivity index (χ0n) is 7.06. The molecule has 1 aromatic heterocycles. The van der Waals surface area contributed by atoms with Gasteiger partial charge in [0.05, 0.1) is 5.56 Å². The Morgan fingerprint density at radius 3 is 2.69 bits per heavy atom. The van der Waals surface area contributed by atoms with Crippen LogP contribution < -0.4 is 17.0 Å². The molecule has 1 heterocycles. The molecule has 4 N–H and O–H groups in total. The van der Waals surface area contributed by atoms with Gasteiger partial charge in [-0.1, -0.05) is 0 Å². The smallest absolute Gasteiger partial charge is 0.250 e. The van der Waals surface area contributed by atoms with Gasteiger partial charge in [0.15, 0.2) is 0 Å². The average Bonchev–Trinajstić information content (AvgIpc) is 2.08. The minimum absolute atomic E-state index is 0.185. The zero-order chi connectivity index (χ0) is 9.84. The van der Waals surface area contributed by atoms with E-state index in [9.17, 15) is 9.59 Å². The third-order valence-electron chi connectivity index (χ3n) is 1.64. The highest BCUT2D eigenvalue weighted by atomic mass is 16.1. The number of carbonyl (C=O) groups excluding carboxylic acids is 1. The summed E-state index contributed by atoms with van der Waals surface area (Å²) in [5.74, 6) is -0.550. The molecule has 0 radical (unpaired) electrons. The molecule has 13 heavy (non-hydrogen) atoms. The molecule has 1 rings (SSSR count). The van der Waals surface area contributed by atoms with Gasteiger partial charge in [-0.2, -0.15) is 0 Å². The number of pyridine rings is 1. The third kappa shape index (κ3) is 2.16. The fourth-order valence-electron chi connectivity index (χ4n) is 0.991. The average molecular weight is 181 g/mol. The van der Waals surface area contributed by atoms with Gasteiger partial charge in [-0.3, -0.25) is 9.59 Å². The molecule has 0 aliphatic heterocycles. The Kier molecular flexibility index (Phi) is 2.81. The van der Waals surface area contributed by atoms with Crippen molar-refractivity contribution in [2.45, 2.75) is 6.54 Å². The van der Waals surface area contributed by atoms with Crippen molar-refractivity contribution in [2.24, 2.45) is 11.5 Å². The molecule has 5 heteroatoms. The van der Waals surface area contributed by atoms with Crippen molar-refractivity contribution in [3.05, 3.63) is 34.2 Å². The lowest BCUT2D eigenvalue weighted by molar-refractivity contribution is 0.0999. The Labute approximate surface area is 75.0 Å². The quantitative estimate of drug-likeness (QED) is 0.620. The van der Waals surface area contributed by atoms with E-state index < -0.39 is 5.91 Å². The summed E-state index contributed by atoms with van der Waals surface area (Å²) in [5.41, 5.74) is 10.5. The predicted molar refractivity (Wildman–Crippen MR) is 48.3 cm³/mol. The van der Waals surface area contributed by atoms with Gasteiger partial charge >= 0.3 is 0 Å². The SMILES string of the molecule is NCCn1cc(C(N)=O)ccc1=O. The molecule has 0 unspecified atom stereocenters. The van der Waals surface area contributed by atoms with Crippen LogP contribution in [0, 0.1) is 0 Å². The number of rotatable bonds is 3. The highest BCUT2D eigenvalue weighted by Gasteiger charge is 2.01. The molecule has 0 aromatic carbocycles. The second-order valence-electron chi connectivity index (χ2n) is 2.60. The second kappa shape index (κ2) is 3.86. The van der Waals surface area contributed by atoms with Crippen LogP contribution in [0.3, 0.4) is 0 Å². The van der Waals surface area contributed by atoms with Crippen LogP contribution in [-0.4, -0.2) is 17.0 Å². The van der Waals surface area contributed by atoms with Gasteiger partial charge in [0.2, 0.25) is 5.91 Å². The first-order valence-corrected chi connectivity index (χ1v) is 3.85. The number of nitrogens with zero attached hydrogens (tertiary/aromatic N) is 1. The van der Waals surface area contributed by atoms with Crippen LogP contribution in [0.4, 0.5) is 0 Å². The largest absolute Gasteiger partial charge is 0.366 e. The minimum Gasteiger partial charge on any atom is -0.366 e. The van der Waals surface area contributed by atoms with Crippen LogP contribution in [-0.2, 0) is 6.54 Å². The van der Waals surface area contributed by atoms with Gasteiger partial charge in [-0.05, 0) is 6.07 Å². The normalized spacial score (nSPS) is 9.92. The van der Waals surface area contributed by atoms with E-state index in [2.05, 4.69) is 0 Å². The summed E-state index contributed by atoms with van der Waals surface area (Å²) >= 11 is 0. The molecule has 0 saturated carbocycles. The maximum atomic E-state index is 11.1. The van der Waals surface area contributed by atoms with Gasteiger partial charge in [0, 0.05) is 25.4 Å². The molecule has 0 fully saturated rings. The molecule has 1 aromatic rings. The standard InChI is InChI=1S/C8H11N3O2/c9-3-4-11-5-6(8(10)13)1-2-7(11)12/h1-2,5H,3-4,9H2,(H2,10,13). The Balaban J connectivity index is 3.11. The first kappa shape index (κ1) is 9.47. The van der Waals surface area contributed by atoms with Crippen LogP contribution >= 0.6 is 0 Å². The van der Waals surface area contributed by atoms with Crippen molar-refractivity contribution in [1.29, 1.82) is 0 Å². The van der Waals surface area contributed by atoms with Crippen molar-refractivity contribution in [3.8, 4) is 0 Å². The number of amides is 1. The Morgan fingerprint density at radius 1 is 1.46 bits per heavy atom. The summed E-state index contributed by atoms with van der Waals surface area (Å²) in [7, 11) is 0. The van der Waals surface area contributed by atoms with Gasteiger partial charge in [-0.15, -0.1) is 0 Å². The van der Waals surface area contributed by atoms with E-state index in [-0.39, 0.29) is 5.56 Å². The molecule has 0 aliphatic carbocycles. The van der Waals surface area contributed by atoms with Crippen molar-refractivity contribution < 1.29 is 4.79 Å². The molecule has 1 amide bonds. The topological polar surface area (TPSA) is 91.1 Å². The van der Waals surface area contributed by atoms with Crippen LogP contribution in [0.25, 0.3) is 0 Å². The Hall–Kier alpha value is -1.62. The molecule has 0 bridgehead atoms. The van der Waals surface area contributed by atoms with E-state index in [0.717, 1.165) is 0 Å². The lowest BCUT2D eigenvalue weighted by Crippen LogP contribution is -2.25. The maximum absolute atomic E-state index is 11.1. The molecule has 0 aliphatic rings. The fourth-order valence-corrected chi connectivity index (χ4v) is 0.991. The van der Waals surface area contributed by atoms with E-state index in [0.29, 0.717) is 18.7 Å². The third-order valence-corrected chi connectivity index (χ3v) is 1.64. The summed E-state index contributed by atoms with van der Waals surface area (Å²) in [5, 5.41) is 0.